The second-order valence-corrected chi connectivity index (χ2v) is 5.75. The smallest absolute Gasteiger partial charge is 0.0468 e. The van der Waals surface area contributed by atoms with Crippen molar-refractivity contribution in [2.75, 3.05) is 0 Å². The predicted octanol–water partition coefficient (Wildman–Crippen LogP) is 4.83. The van der Waals surface area contributed by atoms with E-state index in [0.717, 1.165) is 16.5 Å². The highest BCUT2D eigenvalue weighted by atomic mass is 35.5. The fraction of sp³-hybridized carbons (Fsp3) is 0.571. The minimum atomic E-state index is 0.283. The van der Waals surface area contributed by atoms with Crippen molar-refractivity contribution in [3.05, 3.63) is 33.8 Å². The van der Waals surface area contributed by atoms with E-state index >= 15 is 0 Å². The summed E-state index contributed by atoms with van der Waals surface area (Å²) < 4.78 is 0. The van der Waals surface area contributed by atoms with Crippen LogP contribution in [0.3, 0.4) is 0 Å². The van der Waals surface area contributed by atoms with E-state index in [-0.39, 0.29) is 6.04 Å². The fourth-order valence-electron chi connectivity index (χ4n) is 2.35. The molecule has 1 fully saturated rings. The van der Waals surface area contributed by atoms with Crippen LogP contribution in [0.5, 0.6) is 0 Å². The Morgan fingerprint density at radius 2 is 2.06 bits per heavy atom. The SMILES string of the molecule is CCC(NC(C)c1ccc(Cl)cc1Cl)C1CC1. The van der Waals surface area contributed by atoms with E-state index in [1.165, 1.54) is 19.3 Å². The molecule has 0 spiro atoms. The van der Waals surface area contributed by atoms with Crippen LogP contribution in [-0.2, 0) is 0 Å². The number of hydrogen-bond donors (Lipinski definition) is 1. The first kappa shape index (κ1) is 13.2. The molecule has 2 rings (SSSR count). The van der Waals surface area contributed by atoms with Crippen LogP contribution in [0.2, 0.25) is 10.0 Å². The van der Waals surface area contributed by atoms with E-state index in [1.807, 2.05) is 18.2 Å². The normalized spacial score (nSPS) is 19.1. The van der Waals surface area contributed by atoms with Crippen LogP contribution in [0.4, 0.5) is 0 Å². The Kier molecular flexibility index (Phi) is 4.35. The molecule has 3 heteroatoms. The van der Waals surface area contributed by atoms with Gasteiger partial charge in [-0.15, -0.1) is 0 Å². The molecule has 2 atom stereocenters. The monoisotopic (exact) mass is 271 g/mol. The van der Waals surface area contributed by atoms with Crippen LogP contribution in [0, 0.1) is 5.92 Å². The maximum Gasteiger partial charge on any atom is 0.0468 e. The Morgan fingerprint density at radius 1 is 1.35 bits per heavy atom. The van der Waals surface area contributed by atoms with Crippen LogP contribution in [-0.4, -0.2) is 6.04 Å². The fourth-order valence-corrected chi connectivity index (χ4v) is 2.92. The van der Waals surface area contributed by atoms with Crippen molar-refractivity contribution in [1.82, 2.24) is 5.32 Å². The van der Waals surface area contributed by atoms with E-state index in [0.29, 0.717) is 11.1 Å². The Bertz CT molecular complexity index is 388. The molecule has 1 aliphatic rings. The van der Waals surface area contributed by atoms with Crippen molar-refractivity contribution >= 4 is 23.2 Å². The molecular formula is C14H19Cl2N. The third kappa shape index (κ3) is 3.37. The molecule has 0 bridgehead atoms. The van der Waals surface area contributed by atoms with Crippen molar-refractivity contribution in [2.24, 2.45) is 5.92 Å². The van der Waals surface area contributed by atoms with Gasteiger partial charge in [-0.2, -0.15) is 0 Å². The first-order chi connectivity index (χ1) is 8.11. The van der Waals surface area contributed by atoms with Crippen LogP contribution in [0.25, 0.3) is 0 Å². The van der Waals surface area contributed by atoms with Crippen molar-refractivity contribution in [3.63, 3.8) is 0 Å². The van der Waals surface area contributed by atoms with Gasteiger partial charge in [0.1, 0.15) is 0 Å². The summed E-state index contributed by atoms with van der Waals surface area (Å²) in [5.41, 5.74) is 1.13. The Labute approximate surface area is 114 Å². The zero-order valence-electron chi connectivity index (χ0n) is 10.3. The van der Waals surface area contributed by atoms with E-state index in [9.17, 15) is 0 Å². The number of hydrogen-bond acceptors (Lipinski definition) is 1. The van der Waals surface area contributed by atoms with Gasteiger partial charge in [0, 0.05) is 22.1 Å². The predicted molar refractivity (Wildman–Crippen MR) is 74.8 cm³/mol. The van der Waals surface area contributed by atoms with Crippen LogP contribution in [0.15, 0.2) is 18.2 Å². The van der Waals surface area contributed by atoms with E-state index in [2.05, 4.69) is 19.2 Å². The summed E-state index contributed by atoms with van der Waals surface area (Å²) in [6.45, 7) is 4.41. The molecule has 17 heavy (non-hydrogen) atoms. The molecule has 1 nitrogen and oxygen atoms in total. The summed E-state index contributed by atoms with van der Waals surface area (Å²) in [7, 11) is 0. The van der Waals surface area contributed by atoms with Gasteiger partial charge in [0.05, 0.1) is 0 Å². The summed E-state index contributed by atoms with van der Waals surface area (Å²) in [5, 5.41) is 5.13. The Balaban J connectivity index is 2.05. The lowest BCUT2D eigenvalue weighted by atomic mass is 10.0. The number of nitrogens with one attached hydrogen (secondary N) is 1. The molecule has 1 aliphatic carbocycles. The van der Waals surface area contributed by atoms with E-state index in [4.69, 9.17) is 23.2 Å². The largest absolute Gasteiger partial charge is 0.307 e. The van der Waals surface area contributed by atoms with Crippen LogP contribution in [0.1, 0.15) is 44.7 Å². The first-order valence-electron chi connectivity index (χ1n) is 6.32. The molecule has 1 N–H and O–H groups in total. The molecular weight excluding hydrogens is 253 g/mol. The molecule has 0 aliphatic heterocycles. The first-order valence-corrected chi connectivity index (χ1v) is 7.08. The average Bonchev–Trinajstić information content (AvgIpc) is 3.09. The lowest BCUT2D eigenvalue weighted by molar-refractivity contribution is 0.405. The van der Waals surface area contributed by atoms with Crippen molar-refractivity contribution < 1.29 is 0 Å². The van der Waals surface area contributed by atoms with E-state index in [1.54, 1.807) is 0 Å². The topological polar surface area (TPSA) is 12.0 Å². The number of halogens is 2. The third-order valence-electron chi connectivity index (χ3n) is 3.52. The highest BCUT2D eigenvalue weighted by Crippen LogP contribution is 2.35. The molecule has 1 aromatic rings. The minimum absolute atomic E-state index is 0.283. The van der Waals surface area contributed by atoms with Gasteiger partial charge < -0.3 is 5.32 Å². The van der Waals surface area contributed by atoms with Crippen LogP contribution < -0.4 is 5.32 Å². The maximum absolute atomic E-state index is 6.22. The van der Waals surface area contributed by atoms with E-state index < -0.39 is 0 Å². The summed E-state index contributed by atoms with van der Waals surface area (Å²) in [5.74, 6) is 0.869. The molecule has 1 saturated carbocycles. The summed E-state index contributed by atoms with van der Waals surface area (Å²) >= 11 is 12.1. The van der Waals surface area contributed by atoms with Gasteiger partial charge >= 0.3 is 0 Å². The lowest BCUT2D eigenvalue weighted by Gasteiger charge is -2.23. The minimum Gasteiger partial charge on any atom is -0.307 e. The van der Waals surface area contributed by atoms with Crippen molar-refractivity contribution in [3.8, 4) is 0 Å². The van der Waals surface area contributed by atoms with Gasteiger partial charge in [-0.25, -0.2) is 0 Å². The molecule has 0 radical (unpaired) electrons. The van der Waals surface area contributed by atoms with Gasteiger partial charge in [0.25, 0.3) is 0 Å². The molecule has 0 aromatic heterocycles. The molecule has 1 aromatic carbocycles. The van der Waals surface area contributed by atoms with Gasteiger partial charge in [-0.3, -0.25) is 0 Å². The standard InChI is InChI=1S/C14H19Cl2N/c1-3-14(10-4-5-10)17-9(2)12-7-6-11(15)8-13(12)16/h6-10,14,17H,3-5H2,1-2H3. The molecule has 0 heterocycles. The lowest BCUT2D eigenvalue weighted by Crippen LogP contribution is -2.32. The second kappa shape index (κ2) is 5.60. The van der Waals surface area contributed by atoms with Crippen molar-refractivity contribution in [1.29, 1.82) is 0 Å². The van der Waals surface area contributed by atoms with Crippen LogP contribution >= 0.6 is 23.2 Å². The highest BCUT2D eigenvalue weighted by molar-refractivity contribution is 6.35. The summed E-state index contributed by atoms with van der Waals surface area (Å²) in [6, 6.07) is 6.64. The van der Waals surface area contributed by atoms with Gasteiger partial charge in [-0.1, -0.05) is 36.2 Å². The quantitative estimate of drug-likeness (QED) is 0.809. The molecule has 0 amide bonds. The van der Waals surface area contributed by atoms with Gasteiger partial charge in [0.15, 0.2) is 0 Å². The zero-order chi connectivity index (χ0) is 12.4. The Hall–Kier alpha value is -0.240. The average molecular weight is 272 g/mol. The molecule has 0 saturated heterocycles. The third-order valence-corrected chi connectivity index (χ3v) is 4.09. The molecule has 2 unspecified atom stereocenters. The van der Waals surface area contributed by atoms with Crippen molar-refractivity contribution in [2.45, 2.75) is 45.2 Å². The second-order valence-electron chi connectivity index (χ2n) is 4.91. The zero-order valence-corrected chi connectivity index (χ0v) is 11.9. The maximum atomic E-state index is 6.22. The number of rotatable bonds is 5. The highest BCUT2D eigenvalue weighted by Gasteiger charge is 2.30. The summed E-state index contributed by atoms with van der Waals surface area (Å²) in [6.07, 6.45) is 3.92. The Morgan fingerprint density at radius 3 is 2.59 bits per heavy atom. The van der Waals surface area contributed by atoms with Gasteiger partial charge in [0.2, 0.25) is 0 Å². The van der Waals surface area contributed by atoms with Gasteiger partial charge in [-0.05, 0) is 49.8 Å². The summed E-state index contributed by atoms with van der Waals surface area (Å²) in [4.78, 5) is 0. The molecule has 94 valence electrons. The number of benzene rings is 1.